The van der Waals surface area contributed by atoms with E-state index in [-0.39, 0.29) is 18.0 Å². The molecular weight excluding hydrogens is 446 g/mol. The molecule has 34 heavy (non-hydrogen) atoms. The van der Waals surface area contributed by atoms with Crippen molar-refractivity contribution in [1.29, 1.82) is 0 Å². The Balaban J connectivity index is 1.35. The lowest BCUT2D eigenvalue weighted by Gasteiger charge is -2.17. The zero-order valence-corrected chi connectivity index (χ0v) is 19.7. The standard InChI is InChI=1S/C26H23N5O2S/c1-18-8-10-20(11-9-18)22-16-34-25-24(22)26(33)30(17-27-25)15-23(32)29(2)13-19-12-28-31(14-19)21-6-4-3-5-7-21/h3-12,14,16-17H,13,15H2,1-2H3. The highest BCUT2D eigenvalue weighted by molar-refractivity contribution is 7.17. The van der Waals surface area contributed by atoms with Gasteiger partial charge in [-0.2, -0.15) is 5.10 Å². The Hall–Kier alpha value is -4.04. The van der Waals surface area contributed by atoms with Gasteiger partial charge in [-0.15, -0.1) is 11.3 Å². The van der Waals surface area contributed by atoms with E-state index < -0.39 is 0 Å². The summed E-state index contributed by atoms with van der Waals surface area (Å²) in [5.74, 6) is -0.178. The minimum atomic E-state index is -0.208. The maximum atomic E-state index is 13.3. The van der Waals surface area contributed by atoms with Crippen molar-refractivity contribution < 1.29 is 4.79 Å². The molecule has 0 N–H and O–H groups in total. The Morgan fingerprint density at radius 1 is 1.09 bits per heavy atom. The van der Waals surface area contributed by atoms with Crippen LogP contribution in [0.3, 0.4) is 0 Å². The lowest BCUT2D eigenvalue weighted by Crippen LogP contribution is -2.33. The maximum absolute atomic E-state index is 13.3. The summed E-state index contributed by atoms with van der Waals surface area (Å²) in [5, 5.41) is 6.89. The fraction of sp³-hybridized carbons (Fsp3) is 0.154. The number of thiophene rings is 1. The average Bonchev–Trinajstić information content (AvgIpc) is 3.50. The number of para-hydroxylation sites is 1. The fourth-order valence-corrected chi connectivity index (χ4v) is 4.72. The van der Waals surface area contributed by atoms with Crippen molar-refractivity contribution >= 4 is 27.5 Å². The normalized spacial score (nSPS) is 11.1. The Labute approximate surface area is 200 Å². The molecule has 0 aliphatic rings. The average molecular weight is 470 g/mol. The van der Waals surface area contributed by atoms with E-state index in [1.54, 1.807) is 22.8 Å². The van der Waals surface area contributed by atoms with E-state index in [0.717, 1.165) is 27.9 Å². The number of nitrogens with zero attached hydrogens (tertiary/aromatic N) is 5. The number of likely N-dealkylation sites (N-methyl/N-ethyl adjacent to an activating group) is 1. The van der Waals surface area contributed by atoms with Crippen LogP contribution in [0, 0.1) is 6.92 Å². The van der Waals surface area contributed by atoms with E-state index in [1.807, 2.05) is 73.1 Å². The third kappa shape index (κ3) is 4.27. The summed E-state index contributed by atoms with van der Waals surface area (Å²) < 4.78 is 3.16. The van der Waals surface area contributed by atoms with Crippen LogP contribution in [-0.4, -0.2) is 37.2 Å². The monoisotopic (exact) mass is 469 g/mol. The van der Waals surface area contributed by atoms with Crippen LogP contribution in [0.15, 0.2) is 83.5 Å². The fourth-order valence-electron chi connectivity index (χ4n) is 3.82. The van der Waals surface area contributed by atoms with E-state index in [9.17, 15) is 9.59 Å². The van der Waals surface area contributed by atoms with E-state index in [4.69, 9.17) is 0 Å². The van der Waals surface area contributed by atoms with Gasteiger partial charge in [-0.05, 0) is 24.6 Å². The van der Waals surface area contributed by atoms with Gasteiger partial charge in [0.05, 0.1) is 23.6 Å². The molecule has 3 heterocycles. The summed E-state index contributed by atoms with van der Waals surface area (Å²) in [5.41, 5.74) is 4.62. The number of benzene rings is 2. The van der Waals surface area contributed by atoms with Crippen LogP contribution in [0.2, 0.25) is 0 Å². The molecule has 5 rings (SSSR count). The van der Waals surface area contributed by atoms with E-state index in [1.165, 1.54) is 22.2 Å². The molecule has 0 spiro atoms. The lowest BCUT2D eigenvalue weighted by molar-refractivity contribution is -0.131. The minimum Gasteiger partial charge on any atom is -0.340 e. The predicted molar refractivity (Wildman–Crippen MR) is 134 cm³/mol. The van der Waals surface area contributed by atoms with Crippen LogP contribution in [0.1, 0.15) is 11.1 Å². The van der Waals surface area contributed by atoms with Gasteiger partial charge in [0.15, 0.2) is 0 Å². The number of aryl methyl sites for hydroxylation is 1. The van der Waals surface area contributed by atoms with Crippen molar-refractivity contribution in [1.82, 2.24) is 24.2 Å². The van der Waals surface area contributed by atoms with Gasteiger partial charge in [0, 0.05) is 36.3 Å². The molecule has 0 bridgehead atoms. The predicted octanol–water partition coefficient (Wildman–Crippen LogP) is 4.28. The summed E-state index contributed by atoms with van der Waals surface area (Å²) in [6, 6.07) is 17.8. The molecule has 0 aliphatic carbocycles. The quantitative estimate of drug-likeness (QED) is 0.372. The number of aromatic nitrogens is 4. The highest BCUT2D eigenvalue weighted by Crippen LogP contribution is 2.30. The molecule has 5 aromatic rings. The number of amides is 1. The smallest absolute Gasteiger partial charge is 0.263 e. The third-order valence-corrected chi connectivity index (χ3v) is 6.62. The van der Waals surface area contributed by atoms with Gasteiger partial charge >= 0.3 is 0 Å². The van der Waals surface area contributed by atoms with Crippen molar-refractivity contribution in [2.45, 2.75) is 20.0 Å². The Morgan fingerprint density at radius 2 is 1.85 bits per heavy atom. The van der Waals surface area contributed by atoms with Crippen LogP contribution in [-0.2, 0) is 17.9 Å². The molecule has 0 unspecified atom stereocenters. The van der Waals surface area contributed by atoms with Gasteiger partial charge in [-0.3, -0.25) is 14.2 Å². The third-order valence-electron chi connectivity index (χ3n) is 5.73. The molecule has 2 aromatic carbocycles. The van der Waals surface area contributed by atoms with Crippen LogP contribution in [0.4, 0.5) is 0 Å². The van der Waals surface area contributed by atoms with Crippen LogP contribution in [0.5, 0.6) is 0 Å². The van der Waals surface area contributed by atoms with Gasteiger partial charge < -0.3 is 4.90 Å². The van der Waals surface area contributed by atoms with Crippen LogP contribution < -0.4 is 5.56 Å². The molecule has 0 aliphatic heterocycles. The topological polar surface area (TPSA) is 73.0 Å². The van der Waals surface area contributed by atoms with Gasteiger partial charge in [-0.1, -0.05) is 48.0 Å². The molecule has 0 fully saturated rings. The summed E-state index contributed by atoms with van der Waals surface area (Å²) in [6.45, 7) is 2.34. The molecule has 170 valence electrons. The second-order valence-corrected chi connectivity index (χ2v) is 9.11. The summed E-state index contributed by atoms with van der Waals surface area (Å²) >= 11 is 1.43. The van der Waals surface area contributed by atoms with Gasteiger partial charge in [-0.25, -0.2) is 9.67 Å². The highest BCUT2D eigenvalue weighted by atomic mass is 32.1. The van der Waals surface area contributed by atoms with Crippen LogP contribution in [0.25, 0.3) is 27.0 Å². The SMILES string of the molecule is Cc1ccc(-c2csc3ncn(CC(=O)N(C)Cc4cnn(-c5ccccc5)c4)c(=O)c23)cc1. The molecule has 0 saturated heterocycles. The molecule has 0 atom stereocenters. The molecule has 3 aromatic heterocycles. The zero-order chi connectivity index (χ0) is 23.7. The first-order valence-electron chi connectivity index (χ1n) is 10.9. The van der Waals surface area contributed by atoms with Gasteiger partial charge in [0.1, 0.15) is 11.4 Å². The Kier molecular flexibility index (Phi) is 5.81. The number of carbonyl (C=O) groups is 1. The first-order valence-corrected chi connectivity index (χ1v) is 11.7. The zero-order valence-electron chi connectivity index (χ0n) is 18.9. The number of rotatable bonds is 6. The van der Waals surface area contributed by atoms with Gasteiger partial charge in [0.2, 0.25) is 5.91 Å². The van der Waals surface area contributed by atoms with Gasteiger partial charge in [0.25, 0.3) is 5.56 Å². The number of fused-ring (bicyclic) bond motifs is 1. The first-order chi connectivity index (χ1) is 16.5. The van der Waals surface area contributed by atoms with Crippen molar-refractivity contribution in [3.8, 4) is 16.8 Å². The molecule has 8 heteroatoms. The first kappa shape index (κ1) is 21.8. The summed E-state index contributed by atoms with van der Waals surface area (Å²) in [6.07, 6.45) is 5.10. The second-order valence-electron chi connectivity index (χ2n) is 8.25. The largest absolute Gasteiger partial charge is 0.340 e. The van der Waals surface area contributed by atoms with E-state index in [2.05, 4.69) is 10.1 Å². The minimum absolute atomic E-state index is 0.0751. The lowest BCUT2D eigenvalue weighted by atomic mass is 10.1. The van der Waals surface area contributed by atoms with E-state index in [0.29, 0.717) is 16.8 Å². The van der Waals surface area contributed by atoms with Crippen molar-refractivity contribution in [2.75, 3.05) is 7.05 Å². The van der Waals surface area contributed by atoms with Crippen molar-refractivity contribution in [3.05, 3.63) is 100 Å². The van der Waals surface area contributed by atoms with Crippen LogP contribution >= 0.6 is 11.3 Å². The molecule has 1 amide bonds. The summed E-state index contributed by atoms with van der Waals surface area (Å²) in [7, 11) is 1.72. The number of hydrogen-bond acceptors (Lipinski definition) is 5. The molecule has 7 nitrogen and oxygen atoms in total. The summed E-state index contributed by atoms with van der Waals surface area (Å²) in [4.78, 5) is 32.9. The molecule has 0 radical (unpaired) electrons. The van der Waals surface area contributed by atoms with Crippen molar-refractivity contribution in [3.63, 3.8) is 0 Å². The maximum Gasteiger partial charge on any atom is 0.263 e. The molecule has 0 saturated carbocycles. The Morgan fingerprint density at radius 3 is 2.62 bits per heavy atom. The second kappa shape index (κ2) is 9.07. The number of hydrogen-bond donors (Lipinski definition) is 0. The Bertz CT molecular complexity index is 1520. The molecular formula is C26H23N5O2S. The number of carbonyl (C=O) groups excluding carboxylic acids is 1. The van der Waals surface area contributed by atoms with Crippen molar-refractivity contribution in [2.24, 2.45) is 0 Å². The highest BCUT2D eigenvalue weighted by Gasteiger charge is 2.17. The van der Waals surface area contributed by atoms with E-state index >= 15 is 0 Å².